The Morgan fingerprint density at radius 1 is 1.16 bits per heavy atom. The van der Waals surface area contributed by atoms with Crippen LogP contribution in [0.4, 0.5) is 5.69 Å². The van der Waals surface area contributed by atoms with Gasteiger partial charge in [0.2, 0.25) is 0 Å². The molecule has 0 saturated carbocycles. The van der Waals surface area contributed by atoms with Gasteiger partial charge in [0.25, 0.3) is 5.91 Å². The molecular weight excluding hydrogens is 334 g/mol. The minimum atomic E-state index is 0.0425. The van der Waals surface area contributed by atoms with Crippen molar-refractivity contribution < 1.29 is 9.69 Å². The normalized spacial score (nSPS) is 16.5. The molecule has 1 aliphatic rings. The summed E-state index contributed by atoms with van der Waals surface area (Å²) >= 11 is 6.08. The molecular formula is C20H25ClN3O+. The van der Waals surface area contributed by atoms with Crippen molar-refractivity contribution in [3.05, 3.63) is 65.2 Å². The molecule has 0 aliphatic carbocycles. The largest absolute Gasteiger partial charge is 0.360 e. The van der Waals surface area contributed by atoms with E-state index in [0.29, 0.717) is 6.54 Å². The Balaban J connectivity index is 1.46. The summed E-state index contributed by atoms with van der Waals surface area (Å²) < 4.78 is 0. The number of anilines is 1. The Morgan fingerprint density at radius 2 is 1.88 bits per heavy atom. The van der Waals surface area contributed by atoms with Gasteiger partial charge in [0.1, 0.15) is 0 Å². The van der Waals surface area contributed by atoms with Crippen molar-refractivity contribution in [2.24, 2.45) is 0 Å². The van der Waals surface area contributed by atoms with Crippen molar-refractivity contribution >= 4 is 23.2 Å². The van der Waals surface area contributed by atoms with Crippen molar-refractivity contribution in [1.82, 2.24) is 5.32 Å². The van der Waals surface area contributed by atoms with Crippen molar-refractivity contribution in [3.63, 3.8) is 0 Å². The standard InChI is InChI=1S/C20H24ClN3O/c1-16(17-6-3-2-4-7-17)22-20(25)15-23-10-12-24(13-11-23)19-9-5-8-18(21)14-19/h2-9,14,16H,10-13,15H2,1H3,(H,22,25)/p+1/t16-/m0/s1. The van der Waals surface area contributed by atoms with Gasteiger partial charge in [-0.3, -0.25) is 4.79 Å². The van der Waals surface area contributed by atoms with Crippen molar-refractivity contribution in [1.29, 1.82) is 0 Å². The van der Waals surface area contributed by atoms with E-state index < -0.39 is 0 Å². The van der Waals surface area contributed by atoms with Crippen LogP contribution in [0, 0.1) is 0 Å². The zero-order valence-electron chi connectivity index (χ0n) is 14.5. The Bertz CT molecular complexity index is 699. The number of amides is 1. The zero-order chi connectivity index (χ0) is 17.6. The van der Waals surface area contributed by atoms with E-state index in [4.69, 9.17) is 11.6 Å². The van der Waals surface area contributed by atoms with Gasteiger partial charge in [0.15, 0.2) is 6.54 Å². The first-order valence-corrected chi connectivity index (χ1v) is 9.18. The number of nitrogens with one attached hydrogen (secondary N) is 2. The van der Waals surface area contributed by atoms with Crippen molar-refractivity contribution in [2.75, 3.05) is 37.6 Å². The van der Waals surface area contributed by atoms with Crippen molar-refractivity contribution in [2.45, 2.75) is 13.0 Å². The molecule has 0 aromatic heterocycles. The van der Waals surface area contributed by atoms with Gasteiger partial charge in [-0.25, -0.2) is 0 Å². The summed E-state index contributed by atoms with van der Waals surface area (Å²) in [5, 5.41) is 3.87. The van der Waals surface area contributed by atoms with E-state index in [9.17, 15) is 4.79 Å². The predicted molar refractivity (Wildman–Crippen MR) is 102 cm³/mol. The monoisotopic (exact) mass is 358 g/mol. The molecule has 3 rings (SSSR count). The minimum absolute atomic E-state index is 0.0425. The van der Waals surface area contributed by atoms with Crippen LogP contribution in [0.15, 0.2) is 54.6 Å². The van der Waals surface area contributed by atoms with Crippen molar-refractivity contribution in [3.8, 4) is 0 Å². The van der Waals surface area contributed by atoms with E-state index >= 15 is 0 Å². The van der Waals surface area contributed by atoms with E-state index in [1.807, 2.05) is 55.5 Å². The average molecular weight is 359 g/mol. The Labute approximate surface area is 154 Å². The molecule has 1 atom stereocenters. The third-order valence-electron chi connectivity index (χ3n) is 4.73. The second-order valence-corrected chi connectivity index (χ2v) is 7.03. The molecule has 1 heterocycles. The van der Waals surface area contributed by atoms with Gasteiger partial charge in [-0.15, -0.1) is 0 Å². The topological polar surface area (TPSA) is 36.8 Å². The predicted octanol–water partition coefficient (Wildman–Crippen LogP) is 1.92. The second-order valence-electron chi connectivity index (χ2n) is 6.59. The molecule has 1 amide bonds. The van der Waals surface area contributed by atoms with Gasteiger partial charge in [-0.2, -0.15) is 0 Å². The maximum absolute atomic E-state index is 12.3. The molecule has 2 aromatic carbocycles. The molecule has 132 valence electrons. The fourth-order valence-corrected chi connectivity index (χ4v) is 3.46. The molecule has 5 heteroatoms. The highest BCUT2D eigenvalue weighted by atomic mass is 35.5. The number of piperazine rings is 1. The van der Waals surface area contributed by atoms with Gasteiger partial charge in [0, 0.05) is 10.7 Å². The minimum Gasteiger partial charge on any atom is -0.360 e. The number of hydrogen-bond donors (Lipinski definition) is 2. The number of halogens is 1. The summed E-state index contributed by atoms with van der Waals surface area (Å²) in [4.78, 5) is 16.0. The number of benzene rings is 2. The summed E-state index contributed by atoms with van der Waals surface area (Å²) in [6, 6.07) is 18.1. The highest BCUT2D eigenvalue weighted by Crippen LogP contribution is 2.19. The van der Waals surface area contributed by atoms with Crippen LogP contribution >= 0.6 is 11.6 Å². The lowest BCUT2D eigenvalue weighted by atomic mass is 10.1. The van der Waals surface area contributed by atoms with Gasteiger partial charge in [-0.1, -0.05) is 48.0 Å². The highest BCUT2D eigenvalue weighted by Gasteiger charge is 2.23. The number of carbonyl (C=O) groups excluding carboxylic acids is 1. The zero-order valence-corrected chi connectivity index (χ0v) is 15.3. The van der Waals surface area contributed by atoms with Crippen LogP contribution in [0.2, 0.25) is 5.02 Å². The number of carbonyl (C=O) groups is 1. The van der Waals surface area contributed by atoms with E-state index in [2.05, 4.69) is 16.3 Å². The molecule has 25 heavy (non-hydrogen) atoms. The lowest BCUT2D eigenvalue weighted by molar-refractivity contribution is -0.892. The summed E-state index contributed by atoms with van der Waals surface area (Å²) in [5.74, 6) is 0.113. The first-order chi connectivity index (χ1) is 12.1. The Morgan fingerprint density at radius 3 is 2.56 bits per heavy atom. The van der Waals surface area contributed by atoms with Crippen LogP contribution in [0.1, 0.15) is 18.5 Å². The Hall–Kier alpha value is -2.04. The molecule has 1 fully saturated rings. The summed E-state index contributed by atoms with van der Waals surface area (Å²) in [6.45, 7) is 6.36. The third-order valence-corrected chi connectivity index (χ3v) is 4.97. The van der Waals surface area contributed by atoms with Gasteiger partial charge >= 0.3 is 0 Å². The second kappa shape index (κ2) is 8.37. The molecule has 0 bridgehead atoms. The van der Waals surface area contributed by atoms with Crippen LogP contribution in [0.5, 0.6) is 0 Å². The SMILES string of the molecule is C[C@H](NC(=O)C[NH+]1CCN(c2cccc(Cl)c2)CC1)c1ccccc1. The molecule has 1 aliphatic heterocycles. The Kier molecular flexibility index (Phi) is 5.95. The molecule has 0 unspecified atom stereocenters. The molecule has 0 radical (unpaired) electrons. The number of quaternary nitrogens is 1. The van der Waals surface area contributed by atoms with E-state index in [1.165, 1.54) is 4.90 Å². The molecule has 0 spiro atoms. The molecule has 4 nitrogen and oxygen atoms in total. The fraction of sp³-hybridized carbons (Fsp3) is 0.350. The van der Waals surface area contributed by atoms with Crippen LogP contribution in [-0.2, 0) is 4.79 Å². The average Bonchev–Trinajstić information content (AvgIpc) is 2.63. The molecule has 2 aromatic rings. The third kappa shape index (κ3) is 4.97. The number of nitrogens with zero attached hydrogens (tertiary/aromatic N) is 1. The maximum atomic E-state index is 12.3. The van der Waals surface area contributed by atoms with Crippen LogP contribution < -0.4 is 15.1 Å². The summed E-state index contributed by atoms with van der Waals surface area (Å²) in [5.41, 5.74) is 2.30. The molecule has 1 saturated heterocycles. The highest BCUT2D eigenvalue weighted by molar-refractivity contribution is 6.30. The summed E-state index contributed by atoms with van der Waals surface area (Å²) in [6.07, 6.45) is 0. The quantitative estimate of drug-likeness (QED) is 0.856. The van der Waals surface area contributed by atoms with Gasteiger partial charge in [-0.05, 0) is 30.7 Å². The van der Waals surface area contributed by atoms with E-state index in [1.54, 1.807) is 0 Å². The smallest absolute Gasteiger partial charge is 0.275 e. The van der Waals surface area contributed by atoms with E-state index in [0.717, 1.165) is 42.5 Å². The molecule has 2 N–H and O–H groups in total. The van der Waals surface area contributed by atoms with Crippen LogP contribution in [-0.4, -0.2) is 38.6 Å². The van der Waals surface area contributed by atoms with Gasteiger partial charge in [0.05, 0.1) is 32.2 Å². The van der Waals surface area contributed by atoms with Gasteiger partial charge < -0.3 is 15.1 Å². The van der Waals surface area contributed by atoms with Crippen LogP contribution in [0.25, 0.3) is 0 Å². The maximum Gasteiger partial charge on any atom is 0.275 e. The lowest BCUT2D eigenvalue weighted by Crippen LogP contribution is -3.15. The first-order valence-electron chi connectivity index (χ1n) is 8.80. The van der Waals surface area contributed by atoms with E-state index in [-0.39, 0.29) is 11.9 Å². The summed E-state index contributed by atoms with van der Waals surface area (Å²) in [7, 11) is 0. The number of hydrogen-bond acceptors (Lipinski definition) is 2. The lowest BCUT2D eigenvalue weighted by Gasteiger charge is -2.33. The number of rotatable bonds is 5. The van der Waals surface area contributed by atoms with Crippen LogP contribution in [0.3, 0.4) is 0 Å². The fourth-order valence-electron chi connectivity index (χ4n) is 3.28. The first kappa shape index (κ1) is 17.8.